The van der Waals surface area contributed by atoms with Crippen molar-refractivity contribution in [2.75, 3.05) is 5.32 Å². The summed E-state index contributed by atoms with van der Waals surface area (Å²) in [4.78, 5) is 8.49. The number of para-hydroxylation sites is 1. The predicted molar refractivity (Wildman–Crippen MR) is 83.1 cm³/mol. The van der Waals surface area contributed by atoms with Gasteiger partial charge < -0.3 is 15.4 Å². The number of hydrogen-bond donors (Lipinski definition) is 3. The number of hydrogen-bond acceptors (Lipinski definition) is 5. The van der Waals surface area contributed by atoms with Crippen LogP contribution >= 0.6 is 0 Å². The van der Waals surface area contributed by atoms with Crippen molar-refractivity contribution in [1.29, 1.82) is 0 Å². The Balaban J connectivity index is 1.77. The molecular formula is C15H14BN3O2. The Morgan fingerprint density at radius 2 is 1.71 bits per heavy atom. The minimum atomic E-state index is -1.43. The molecular weight excluding hydrogens is 265 g/mol. The molecule has 3 rings (SSSR count). The highest BCUT2D eigenvalue weighted by Gasteiger charge is 2.09. The summed E-state index contributed by atoms with van der Waals surface area (Å²) >= 11 is 0. The second-order valence-corrected chi connectivity index (χ2v) is 4.71. The molecule has 2 aromatic carbocycles. The number of rotatable bonds is 4. The van der Waals surface area contributed by atoms with Crippen LogP contribution in [0.2, 0.25) is 0 Å². The third-order valence-electron chi connectivity index (χ3n) is 3.28. The average Bonchev–Trinajstić information content (AvgIpc) is 2.53. The largest absolute Gasteiger partial charge is 0.488 e. The predicted octanol–water partition coefficient (Wildman–Crippen LogP) is 0.922. The van der Waals surface area contributed by atoms with Crippen LogP contribution in [-0.4, -0.2) is 27.1 Å². The van der Waals surface area contributed by atoms with Gasteiger partial charge in [-0.25, -0.2) is 9.97 Å². The van der Waals surface area contributed by atoms with Crippen LogP contribution in [0.4, 0.5) is 5.82 Å². The van der Waals surface area contributed by atoms with Crippen LogP contribution < -0.4 is 10.8 Å². The highest BCUT2D eigenvalue weighted by Crippen LogP contribution is 2.18. The molecule has 3 N–H and O–H groups in total. The van der Waals surface area contributed by atoms with E-state index in [2.05, 4.69) is 15.3 Å². The first-order valence-corrected chi connectivity index (χ1v) is 6.62. The summed E-state index contributed by atoms with van der Waals surface area (Å²) in [6.07, 6.45) is 1.54. The lowest BCUT2D eigenvalue weighted by molar-refractivity contribution is 0.426. The molecule has 104 valence electrons. The second kappa shape index (κ2) is 5.91. The zero-order chi connectivity index (χ0) is 14.7. The van der Waals surface area contributed by atoms with Gasteiger partial charge in [-0.3, -0.25) is 0 Å². The molecule has 1 aromatic heterocycles. The van der Waals surface area contributed by atoms with Gasteiger partial charge in [-0.05, 0) is 23.2 Å². The molecule has 21 heavy (non-hydrogen) atoms. The number of aromatic nitrogens is 2. The number of fused-ring (bicyclic) bond motifs is 1. The van der Waals surface area contributed by atoms with Gasteiger partial charge in [0.25, 0.3) is 0 Å². The molecule has 0 saturated carbocycles. The summed E-state index contributed by atoms with van der Waals surface area (Å²) in [5.41, 5.74) is 2.40. The molecule has 0 radical (unpaired) electrons. The minimum Gasteiger partial charge on any atom is -0.423 e. The fourth-order valence-electron chi connectivity index (χ4n) is 2.14. The van der Waals surface area contributed by atoms with E-state index in [-0.39, 0.29) is 0 Å². The van der Waals surface area contributed by atoms with Gasteiger partial charge in [0.05, 0.1) is 5.52 Å². The maximum Gasteiger partial charge on any atom is 0.488 e. The maximum absolute atomic E-state index is 9.06. The lowest BCUT2D eigenvalue weighted by Crippen LogP contribution is -2.29. The van der Waals surface area contributed by atoms with Crippen LogP contribution in [0.25, 0.3) is 10.9 Å². The lowest BCUT2D eigenvalue weighted by atomic mass is 9.80. The fourth-order valence-corrected chi connectivity index (χ4v) is 2.14. The Hall–Kier alpha value is -2.44. The summed E-state index contributed by atoms with van der Waals surface area (Å²) in [5, 5.41) is 22.4. The van der Waals surface area contributed by atoms with Crippen LogP contribution in [0.3, 0.4) is 0 Å². The smallest absolute Gasteiger partial charge is 0.423 e. The molecule has 0 unspecified atom stereocenters. The second-order valence-electron chi connectivity index (χ2n) is 4.71. The first-order chi connectivity index (χ1) is 10.2. The van der Waals surface area contributed by atoms with E-state index < -0.39 is 7.12 Å². The van der Waals surface area contributed by atoms with Gasteiger partial charge in [0.1, 0.15) is 12.1 Å². The van der Waals surface area contributed by atoms with Gasteiger partial charge in [0.2, 0.25) is 0 Å². The van der Waals surface area contributed by atoms with Crippen LogP contribution in [0.15, 0.2) is 54.9 Å². The Bertz CT molecular complexity index is 742. The lowest BCUT2D eigenvalue weighted by Gasteiger charge is -2.08. The van der Waals surface area contributed by atoms with Crippen molar-refractivity contribution in [3.8, 4) is 0 Å². The van der Waals surface area contributed by atoms with E-state index in [1.165, 1.54) is 6.33 Å². The first-order valence-electron chi connectivity index (χ1n) is 6.62. The molecule has 0 spiro atoms. The van der Waals surface area contributed by atoms with Gasteiger partial charge in [-0.2, -0.15) is 0 Å². The van der Waals surface area contributed by atoms with E-state index in [0.717, 1.165) is 22.3 Å². The summed E-state index contributed by atoms with van der Waals surface area (Å²) < 4.78 is 0. The third kappa shape index (κ3) is 3.02. The van der Waals surface area contributed by atoms with E-state index in [1.807, 2.05) is 36.4 Å². The van der Waals surface area contributed by atoms with Crippen molar-refractivity contribution in [1.82, 2.24) is 9.97 Å². The molecule has 0 atom stereocenters. The van der Waals surface area contributed by atoms with Crippen LogP contribution in [0.1, 0.15) is 5.56 Å². The van der Waals surface area contributed by atoms with Gasteiger partial charge in [-0.15, -0.1) is 0 Å². The number of anilines is 1. The summed E-state index contributed by atoms with van der Waals surface area (Å²) in [6.45, 7) is 0.600. The van der Waals surface area contributed by atoms with E-state index in [9.17, 15) is 0 Å². The topological polar surface area (TPSA) is 78.3 Å². The Kier molecular flexibility index (Phi) is 3.81. The Morgan fingerprint density at radius 1 is 0.952 bits per heavy atom. The number of nitrogens with one attached hydrogen (secondary N) is 1. The molecule has 5 nitrogen and oxygen atoms in total. The molecule has 0 fully saturated rings. The monoisotopic (exact) mass is 279 g/mol. The van der Waals surface area contributed by atoms with Crippen molar-refractivity contribution in [3.63, 3.8) is 0 Å². The molecule has 3 aromatic rings. The highest BCUT2D eigenvalue weighted by molar-refractivity contribution is 6.58. The molecule has 0 bridgehead atoms. The first kappa shape index (κ1) is 13.5. The summed E-state index contributed by atoms with van der Waals surface area (Å²) in [7, 11) is -1.43. The third-order valence-corrected chi connectivity index (χ3v) is 3.28. The van der Waals surface area contributed by atoms with Gasteiger partial charge >= 0.3 is 7.12 Å². The van der Waals surface area contributed by atoms with Gasteiger partial charge in [0.15, 0.2) is 0 Å². The molecule has 0 amide bonds. The minimum absolute atomic E-state index is 0.478. The zero-order valence-electron chi connectivity index (χ0n) is 11.3. The Labute approximate surface area is 122 Å². The van der Waals surface area contributed by atoms with Crippen molar-refractivity contribution in [2.24, 2.45) is 0 Å². The average molecular weight is 279 g/mol. The van der Waals surface area contributed by atoms with Crippen molar-refractivity contribution in [2.45, 2.75) is 6.54 Å². The molecule has 0 saturated heterocycles. The van der Waals surface area contributed by atoms with E-state index >= 15 is 0 Å². The van der Waals surface area contributed by atoms with E-state index in [1.54, 1.807) is 12.1 Å². The van der Waals surface area contributed by atoms with E-state index in [4.69, 9.17) is 10.0 Å². The van der Waals surface area contributed by atoms with Gasteiger partial charge in [-0.1, -0.05) is 36.4 Å². The fraction of sp³-hybridized carbons (Fsp3) is 0.0667. The van der Waals surface area contributed by atoms with Crippen LogP contribution in [-0.2, 0) is 6.54 Å². The van der Waals surface area contributed by atoms with Crippen molar-refractivity contribution >= 4 is 29.3 Å². The normalized spacial score (nSPS) is 10.6. The van der Waals surface area contributed by atoms with Gasteiger partial charge in [0, 0.05) is 11.9 Å². The maximum atomic E-state index is 9.06. The number of nitrogens with zero attached hydrogens (tertiary/aromatic N) is 2. The molecule has 0 aliphatic carbocycles. The highest BCUT2D eigenvalue weighted by atomic mass is 16.4. The quantitative estimate of drug-likeness (QED) is 0.619. The Morgan fingerprint density at radius 3 is 2.48 bits per heavy atom. The SMILES string of the molecule is OB(O)c1ccc(CNc2ncnc3ccccc23)cc1. The molecule has 6 heteroatoms. The standard InChI is InChI=1S/C15H14BN3O2/c20-16(21)12-7-5-11(6-8-12)9-17-15-13-3-1-2-4-14(13)18-10-19-15/h1-8,10,20-21H,9H2,(H,17,18,19). The molecule has 0 aliphatic heterocycles. The van der Waals surface area contributed by atoms with Crippen LogP contribution in [0, 0.1) is 0 Å². The van der Waals surface area contributed by atoms with E-state index in [0.29, 0.717) is 12.0 Å². The zero-order valence-corrected chi connectivity index (χ0v) is 11.3. The number of benzene rings is 2. The van der Waals surface area contributed by atoms with Crippen molar-refractivity contribution < 1.29 is 10.0 Å². The summed E-state index contributed by atoms with van der Waals surface area (Å²) in [5.74, 6) is 0.784. The van der Waals surface area contributed by atoms with Crippen LogP contribution in [0.5, 0.6) is 0 Å². The molecule has 1 heterocycles. The summed E-state index contributed by atoms with van der Waals surface area (Å²) in [6, 6.07) is 14.9. The molecule has 0 aliphatic rings. The van der Waals surface area contributed by atoms with Crippen molar-refractivity contribution in [3.05, 3.63) is 60.4 Å².